The number of hydrogen-bond acceptors (Lipinski definition) is 2. The minimum atomic E-state index is -0.121. The summed E-state index contributed by atoms with van der Waals surface area (Å²) in [6.45, 7) is 3.94. The number of carbonyl (C=O) groups excluding carboxylic acids is 2. The summed E-state index contributed by atoms with van der Waals surface area (Å²) in [6.07, 6.45) is 0.454. The minimum Gasteiger partial charge on any atom is -0.299 e. The Morgan fingerprint density at radius 3 is 2.35 bits per heavy atom. The van der Waals surface area contributed by atoms with Crippen LogP contribution in [0, 0.1) is 5.92 Å². The molecule has 0 aliphatic carbocycles. The second-order valence-corrected chi connectivity index (χ2v) is 6.07. The molecule has 0 saturated carbocycles. The van der Waals surface area contributed by atoms with Gasteiger partial charge in [-0.05, 0) is 49.9 Å². The van der Waals surface area contributed by atoms with E-state index >= 15 is 0 Å². The second-order valence-electron chi connectivity index (χ2n) is 4.37. The van der Waals surface area contributed by atoms with E-state index < -0.39 is 0 Å². The average molecular weight is 362 g/mol. The molecule has 1 rings (SSSR count). The lowest BCUT2D eigenvalue weighted by Gasteiger charge is -2.04. The summed E-state index contributed by atoms with van der Waals surface area (Å²) < 4.78 is 1.71. The molecule has 1 aromatic carbocycles. The Balaban J connectivity index is 2.70. The highest BCUT2D eigenvalue weighted by atomic mass is 79.9. The van der Waals surface area contributed by atoms with Crippen molar-refractivity contribution in [2.75, 3.05) is 0 Å². The molecule has 0 N–H and O–H groups in total. The van der Waals surface area contributed by atoms with Crippen LogP contribution in [0.1, 0.15) is 37.0 Å². The van der Waals surface area contributed by atoms with Crippen LogP contribution >= 0.6 is 31.9 Å². The monoisotopic (exact) mass is 360 g/mol. The van der Waals surface area contributed by atoms with E-state index in [2.05, 4.69) is 31.9 Å². The maximum atomic E-state index is 11.8. The SMILES string of the molecule is CC(C)CC(=O)CC(=O)c1ccc(Br)c(Br)c1. The first-order valence-corrected chi connectivity index (χ1v) is 6.98. The Kier molecular flexibility index (Phi) is 5.53. The van der Waals surface area contributed by atoms with E-state index in [1.807, 2.05) is 13.8 Å². The molecule has 92 valence electrons. The molecule has 0 aliphatic rings. The first-order valence-electron chi connectivity index (χ1n) is 5.40. The van der Waals surface area contributed by atoms with Gasteiger partial charge in [0.15, 0.2) is 5.78 Å². The van der Waals surface area contributed by atoms with Crippen LogP contribution in [-0.2, 0) is 4.79 Å². The zero-order valence-corrected chi connectivity index (χ0v) is 13.0. The summed E-state index contributed by atoms with van der Waals surface area (Å²) in [6, 6.07) is 5.25. The third-order valence-electron chi connectivity index (χ3n) is 2.24. The highest BCUT2D eigenvalue weighted by molar-refractivity contribution is 9.13. The Hall–Kier alpha value is -0.480. The summed E-state index contributed by atoms with van der Waals surface area (Å²) in [5.74, 6) is 0.180. The molecule has 0 aromatic heterocycles. The maximum Gasteiger partial charge on any atom is 0.170 e. The van der Waals surface area contributed by atoms with Crippen molar-refractivity contribution in [1.29, 1.82) is 0 Å². The van der Waals surface area contributed by atoms with Gasteiger partial charge in [0.25, 0.3) is 0 Å². The van der Waals surface area contributed by atoms with Gasteiger partial charge >= 0.3 is 0 Å². The van der Waals surface area contributed by atoms with E-state index in [9.17, 15) is 9.59 Å². The summed E-state index contributed by atoms with van der Waals surface area (Å²) in [7, 11) is 0. The predicted molar refractivity (Wildman–Crippen MR) is 75.3 cm³/mol. The molecular formula is C13H14Br2O2. The number of hydrogen-bond donors (Lipinski definition) is 0. The molecular weight excluding hydrogens is 348 g/mol. The summed E-state index contributed by atoms with van der Waals surface area (Å²) in [5, 5.41) is 0. The number of benzene rings is 1. The molecule has 0 unspecified atom stereocenters. The predicted octanol–water partition coefficient (Wildman–Crippen LogP) is 4.40. The summed E-state index contributed by atoms with van der Waals surface area (Å²) >= 11 is 6.67. The van der Waals surface area contributed by atoms with Gasteiger partial charge in [0.05, 0.1) is 6.42 Å². The van der Waals surface area contributed by atoms with Gasteiger partial charge < -0.3 is 0 Å². The quantitative estimate of drug-likeness (QED) is 0.575. The number of carbonyl (C=O) groups is 2. The van der Waals surface area contributed by atoms with Crippen molar-refractivity contribution < 1.29 is 9.59 Å². The lowest BCUT2D eigenvalue weighted by molar-refractivity contribution is -0.118. The highest BCUT2D eigenvalue weighted by Crippen LogP contribution is 2.24. The molecule has 2 nitrogen and oxygen atoms in total. The molecule has 0 fully saturated rings. The van der Waals surface area contributed by atoms with Crippen LogP contribution in [0.25, 0.3) is 0 Å². The molecule has 4 heteroatoms. The number of halogens is 2. The maximum absolute atomic E-state index is 11.8. The molecule has 0 saturated heterocycles. The van der Waals surface area contributed by atoms with E-state index in [1.54, 1.807) is 18.2 Å². The molecule has 0 radical (unpaired) electrons. The lowest BCUT2D eigenvalue weighted by atomic mass is 10.0. The van der Waals surface area contributed by atoms with Gasteiger partial charge in [0.2, 0.25) is 0 Å². The van der Waals surface area contributed by atoms with Crippen LogP contribution in [0.15, 0.2) is 27.1 Å². The smallest absolute Gasteiger partial charge is 0.170 e. The third-order valence-corrected chi connectivity index (χ3v) is 4.11. The lowest BCUT2D eigenvalue weighted by Crippen LogP contribution is -2.10. The third kappa shape index (κ3) is 4.72. The van der Waals surface area contributed by atoms with E-state index in [0.717, 1.165) is 8.95 Å². The van der Waals surface area contributed by atoms with Crippen LogP contribution < -0.4 is 0 Å². The van der Waals surface area contributed by atoms with Gasteiger partial charge in [-0.2, -0.15) is 0 Å². The zero-order chi connectivity index (χ0) is 13.0. The van der Waals surface area contributed by atoms with E-state index in [-0.39, 0.29) is 18.0 Å². The number of Topliss-reactive ketones (excluding diaryl/α,β-unsaturated/α-hetero) is 2. The highest BCUT2D eigenvalue weighted by Gasteiger charge is 2.13. The zero-order valence-electron chi connectivity index (χ0n) is 9.80. The van der Waals surface area contributed by atoms with Gasteiger partial charge in [-0.3, -0.25) is 9.59 Å². The van der Waals surface area contributed by atoms with Gasteiger partial charge in [0.1, 0.15) is 5.78 Å². The minimum absolute atomic E-state index is 0.00374. The number of rotatable bonds is 5. The van der Waals surface area contributed by atoms with Gasteiger partial charge in [-0.15, -0.1) is 0 Å². The van der Waals surface area contributed by atoms with Crippen molar-refractivity contribution >= 4 is 43.4 Å². The Bertz CT molecular complexity index is 439. The topological polar surface area (TPSA) is 34.1 Å². The van der Waals surface area contributed by atoms with E-state index in [1.165, 1.54) is 0 Å². The fourth-order valence-corrected chi connectivity index (χ4v) is 2.10. The van der Waals surface area contributed by atoms with Crippen LogP contribution in [0.2, 0.25) is 0 Å². The normalized spacial score (nSPS) is 10.6. The molecule has 0 bridgehead atoms. The molecule has 0 spiro atoms. The van der Waals surface area contributed by atoms with Crippen LogP contribution in [0.3, 0.4) is 0 Å². The molecule has 0 heterocycles. The summed E-state index contributed by atoms with van der Waals surface area (Å²) in [4.78, 5) is 23.4. The molecule has 0 aliphatic heterocycles. The van der Waals surface area contributed by atoms with Crippen molar-refractivity contribution in [3.8, 4) is 0 Å². The average Bonchev–Trinajstić information content (AvgIpc) is 2.20. The Morgan fingerprint density at radius 1 is 1.18 bits per heavy atom. The first-order chi connectivity index (χ1) is 7.90. The van der Waals surface area contributed by atoms with E-state index in [0.29, 0.717) is 17.9 Å². The van der Waals surface area contributed by atoms with Crippen molar-refractivity contribution in [2.24, 2.45) is 5.92 Å². The van der Waals surface area contributed by atoms with Crippen LogP contribution in [0.5, 0.6) is 0 Å². The largest absolute Gasteiger partial charge is 0.299 e. The molecule has 1 aromatic rings. The van der Waals surface area contributed by atoms with Gasteiger partial charge in [-0.25, -0.2) is 0 Å². The van der Waals surface area contributed by atoms with Crippen molar-refractivity contribution in [1.82, 2.24) is 0 Å². The second kappa shape index (κ2) is 6.45. The Morgan fingerprint density at radius 2 is 1.82 bits per heavy atom. The molecule has 0 atom stereocenters. The van der Waals surface area contributed by atoms with Crippen LogP contribution in [-0.4, -0.2) is 11.6 Å². The summed E-state index contributed by atoms with van der Waals surface area (Å²) in [5.41, 5.74) is 0.567. The van der Waals surface area contributed by atoms with Crippen LogP contribution in [0.4, 0.5) is 0 Å². The first kappa shape index (κ1) is 14.6. The van der Waals surface area contributed by atoms with Gasteiger partial charge in [-0.1, -0.05) is 19.9 Å². The Labute approximate surface area is 118 Å². The standard InChI is InChI=1S/C13H14Br2O2/c1-8(2)5-10(16)7-13(17)9-3-4-11(14)12(15)6-9/h3-4,6,8H,5,7H2,1-2H3. The van der Waals surface area contributed by atoms with Crippen molar-refractivity contribution in [3.05, 3.63) is 32.7 Å². The van der Waals surface area contributed by atoms with Crippen molar-refractivity contribution in [3.63, 3.8) is 0 Å². The fourth-order valence-electron chi connectivity index (χ4n) is 1.48. The molecule has 17 heavy (non-hydrogen) atoms. The fraction of sp³-hybridized carbons (Fsp3) is 0.385. The van der Waals surface area contributed by atoms with E-state index in [4.69, 9.17) is 0 Å². The van der Waals surface area contributed by atoms with Gasteiger partial charge in [0, 0.05) is 20.9 Å². The van der Waals surface area contributed by atoms with Crippen molar-refractivity contribution in [2.45, 2.75) is 26.7 Å². The number of ketones is 2. The molecule has 0 amide bonds.